The van der Waals surface area contributed by atoms with Crippen molar-refractivity contribution in [2.45, 2.75) is 18.9 Å². The van der Waals surface area contributed by atoms with Gasteiger partial charge in [0.05, 0.1) is 11.8 Å². The third-order valence-electron chi connectivity index (χ3n) is 9.21. The van der Waals surface area contributed by atoms with E-state index in [-0.39, 0.29) is 35.9 Å². The van der Waals surface area contributed by atoms with Crippen molar-refractivity contribution in [3.63, 3.8) is 0 Å². The van der Waals surface area contributed by atoms with Crippen molar-refractivity contribution in [1.82, 2.24) is 4.90 Å². The molecule has 1 aliphatic heterocycles. The summed E-state index contributed by atoms with van der Waals surface area (Å²) in [5, 5.41) is 0. The number of Topliss-reactive ketones (excluding diaryl/α,β-unsaturated/α-hetero) is 1. The van der Waals surface area contributed by atoms with Crippen LogP contribution in [0.4, 0.5) is 0 Å². The van der Waals surface area contributed by atoms with Crippen LogP contribution in [0.2, 0.25) is 0 Å². The Kier molecular flexibility index (Phi) is 5.99. The molecule has 6 nitrogen and oxygen atoms in total. The second-order valence-corrected chi connectivity index (χ2v) is 11.4. The van der Waals surface area contributed by atoms with Gasteiger partial charge in [0.1, 0.15) is 6.04 Å². The molecule has 1 heterocycles. The number of likely N-dealkylation sites (tertiary alicyclic amines) is 1. The van der Waals surface area contributed by atoms with Gasteiger partial charge in [-0.2, -0.15) is 0 Å². The minimum Gasteiger partial charge on any atom is -0.456 e. The Morgan fingerprint density at radius 3 is 1.90 bits per heavy atom. The summed E-state index contributed by atoms with van der Waals surface area (Å²) in [5.41, 5.74) is 3.25. The summed E-state index contributed by atoms with van der Waals surface area (Å²) in [7, 11) is 0. The number of carbonyl (C=O) groups is 4. The standard InChI is InChI=1S/C34H29NO5/c36-29(23-13-11-22(12-14-23)21-9-5-2-6-10-21)19-40-34(39)28(17-20-7-3-1-4-8-20)35-32(37)30-24-15-16-25(27-18-26(24)27)31(30)33(35)38/h1-16,24-28,30-31H,17-19H2/t24-,25-,26-,27-,28-,30-,31+/m0/s1. The number of nitrogens with zero attached hydrogens (tertiary/aromatic N) is 1. The van der Waals surface area contributed by atoms with Gasteiger partial charge in [0.25, 0.3) is 0 Å². The van der Waals surface area contributed by atoms with Gasteiger partial charge in [-0.1, -0.05) is 97.1 Å². The van der Waals surface area contributed by atoms with Crippen LogP contribution in [0.1, 0.15) is 22.3 Å². The molecule has 0 aromatic heterocycles. The Labute approximate surface area is 232 Å². The lowest BCUT2D eigenvalue weighted by atomic mass is 9.63. The highest BCUT2D eigenvalue weighted by molar-refractivity contribution is 6.09. The Bertz CT molecular complexity index is 1480. The lowest BCUT2D eigenvalue weighted by Gasteiger charge is -2.37. The van der Waals surface area contributed by atoms with Gasteiger partial charge in [0.15, 0.2) is 12.4 Å². The molecule has 0 radical (unpaired) electrons. The van der Waals surface area contributed by atoms with Crippen molar-refractivity contribution in [3.8, 4) is 11.1 Å². The largest absolute Gasteiger partial charge is 0.456 e. The zero-order chi connectivity index (χ0) is 27.4. The molecule has 1 saturated heterocycles. The summed E-state index contributed by atoms with van der Waals surface area (Å²) in [6.45, 7) is -0.463. The molecule has 8 rings (SSSR count). The van der Waals surface area contributed by atoms with E-state index in [9.17, 15) is 19.2 Å². The first kappa shape index (κ1) is 24.7. The Morgan fingerprint density at radius 2 is 1.30 bits per heavy atom. The van der Waals surface area contributed by atoms with Crippen molar-refractivity contribution in [2.75, 3.05) is 6.61 Å². The van der Waals surface area contributed by atoms with Gasteiger partial charge >= 0.3 is 5.97 Å². The van der Waals surface area contributed by atoms with Gasteiger partial charge in [-0.05, 0) is 46.8 Å². The highest BCUT2D eigenvalue weighted by Gasteiger charge is 2.68. The molecule has 5 aliphatic rings. The summed E-state index contributed by atoms with van der Waals surface area (Å²) in [6.07, 6.45) is 5.44. The van der Waals surface area contributed by atoms with E-state index >= 15 is 0 Å². The zero-order valence-corrected chi connectivity index (χ0v) is 21.9. The highest BCUT2D eigenvalue weighted by Crippen LogP contribution is 2.65. The number of ketones is 1. The summed E-state index contributed by atoms with van der Waals surface area (Å²) in [4.78, 5) is 55.1. The molecule has 0 spiro atoms. The van der Waals surface area contributed by atoms with E-state index in [1.165, 1.54) is 4.90 Å². The number of rotatable bonds is 8. The smallest absolute Gasteiger partial charge is 0.330 e. The Morgan fingerprint density at radius 1 is 0.750 bits per heavy atom. The van der Waals surface area contributed by atoms with Crippen LogP contribution in [0, 0.1) is 35.5 Å². The molecule has 2 saturated carbocycles. The van der Waals surface area contributed by atoms with Crippen LogP contribution in [-0.2, 0) is 25.5 Å². The fraction of sp³-hybridized carbons (Fsp3) is 0.294. The number of allylic oxidation sites excluding steroid dienone is 2. The number of esters is 1. The molecule has 4 aliphatic carbocycles. The first-order valence-electron chi connectivity index (χ1n) is 14.0. The molecule has 40 heavy (non-hydrogen) atoms. The van der Waals surface area contributed by atoms with E-state index < -0.39 is 30.5 Å². The molecule has 0 unspecified atom stereocenters. The van der Waals surface area contributed by atoms with Gasteiger partial charge in [-0.3, -0.25) is 19.3 Å². The maximum Gasteiger partial charge on any atom is 0.330 e. The average Bonchev–Trinajstić information content (AvgIpc) is 3.78. The van der Waals surface area contributed by atoms with Crippen LogP contribution < -0.4 is 0 Å². The number of hydrogen-bond acceptors (Lipinski definition) is 5. The van der Waals surface area contributed by atoms with Crippen LogP contribution in [0.3, 0.4) is 0 Å². The van der Waals surface area contributed by atoms with E-state index in [1.807, 2.05) is 72.8 Å². The topological polar surface area (TPSA) is 80.8 Å². The lowest BCUT2D eigenvalue weighted by Crippen LogP contribution is -2.48. The van der Waals surface area contributed by atoms with Gasteiger partial charge in [0.2, 0.25) is 11.8 Å². The molecule has 200 valence electrons. The quantitative estimate of drug-likeness (QED) is 0.182. The molecule has 7 atom stereocenters. The predicted octanol–water partition coefficient (Wildman–Crippen LogP) is 4.74. The minimum absolute atomic E-state index is 0.0651. The van der Waals surface area contributed by atoms with E-state index in [4.69, 9.17) is 4.74 Å². The van der Waals surface area contributed by atoms with Crippen molar-refractivity contribution < 1.29 is 23.9 Å². The van der Waals surface area contributed by atoms with Crippen LogP contribution >= 0.6 is 0 Å². The van der Waals surface area contributed by atoms with Gasteiger partial charge in [-0.25, -0.2) is 4.79 Å². The lowest BCUT2D eigenvalue weighted by molar-refractivity contribution is -0.158. The normalized spacial score (nSPS) is 28.1. The molecule has 3 fully saturated rings. The molecule has 2 amide bonds. The third-order valence-corrected chi connectivity index (χ3v) is 9.21. The fourth-order valence-corrected chi connectivity index (χ4v) is 7.20. The van der Waals surface area contributed by atoms with Crippen LogP contribution in [0.5, 0.6) is 0 Å². The van der Waals surface area contributed by atoms with Crippen molar-refractivity contribution >= 4 is 23.6 Å². The first-order chi connectivity index (χ1) is 19.5. The van der Waals surface area contributed by atoms with E-state index in [1.54, 1.807) is 12.1 Å². The molecule has 3 aromatic rings. The molecule has 6 heteroatoms. The zero-order valence-electron chi connectivity index (χ0n) is 21.9. The van der Waals surface area contributed by atoms with E-state index in [0.717, 1.165) is 23.1 Å². The summed E-state index contributed by atoms with van der Waals surface area (Å²) < 4.78 is 5.52. The van der Waals surface area contributed by atoms with E-state index in [0.29, 0.717) is 17.4 Å². The Hall–Kier alpha value is -4.32. The summed E-state index contributed by atoms with van der Waals surface area (Å²) in [5.74, 6) is -1.36. The monoisotopic (exact) mass is 531 g/mol. The number of benzene rings is 3. The van der Waals surface area contributed by atoms with Crippen molar-refractivity contribution in [1.29, 1.82) is 0 Å². The first-order valence-corrected chi connectivity index (χ1v) is 14.0. The minimum atomic E-state index is -1.11. The average molecular weight is 532 g/mol. The fourth-order valence-electron chi connectivity index (χ4n) is 7.20. The van der Waals surface area contributed by atoms with Gasteiger partial charge in [0, 0.05) is 12.0 Å². The SMILES string of the molecule is O=C(COC(=O)[C@H](Cc1ccccc1)N1C(=O)[C@@H]2[C@H]3C=C[C@@H]([C@@H]4C[C@@H]34)[C@@H]2C1=O)c1ccc(-c2ccccc2)cc1. The van der Waals surface area contributed by atoms with Crippen LogP contribution in [0.25, 0.3) is 11.1 Å². The molecular weight excluding hydrogens is 502 g/mol. The molecule has 0 N–H and O–H groups in total. The third kappa shape index (κ3) is 4.10. The molecule has 2 bridgehead atoms. The van der Waals surface area contributed by atoms with Crippen LogP contribution in [0.15, 0.2) is 97.1 Å². The second kappa shape index (κ2) is 9.70. The van der Waals surface area contributed by atoms with Gasteiger partial charge < -0.3 is 4.74 Å². The maximum atomic E-state index is 13.7. The number of ether oxygens (including phenoxy) is 1. The maximum absolute atomic E-state index is 13.7. The number of carbonyl (C=O) groups excluding carboxylic acids is 4. The number of amides is 2. The van der Waals surface area contributed by atoms with E-state index in [2.05, 4.69) is 12.2 Å². The number of imide groups is 1. The van der Waals surface area contributed by atoms with Crippen molar-refractivity contribution in [3.05, 3.63) is 108 Å². The van der Waals surface area contributed by atoms with Crippen LogP contribution in [-0.4, -0.2) is 41.1 Å². The summed E-state index contributed by atoms with van der Waals surface area (Å²) >= 11 is 0. The predicted molar refractivity (Wildman–Crippen MR) is 148 cm³/mol. The Balaban J connectivity index is 1.09. The second-order valence-electron chi connectivity index (χ2n) is 11.4. The highest BCUT2D eigenvalue weighted by atomic mass is 16.5. The van der Waals surface area contributed by atoms with Gasteiger partial charge in [-0.15, -0.1) is 0 Å². The summed E-state index contributed by atoms with van der Waals surface area (Å²) in [6, 6.07) is 25.2. The number of hydrogen-bond donors (Lipinski definition) is 0. The van der Waals surface area contributed by atoms with Crippen molar-refractivity contribution in [2.24, 2.45) is 35.5 Å². The molecular formula is C34H29NO5. The molecule has 3 aromatic carbocycles.